The molecule has 3 aromatic carbocycles. The molecule has 4 rings (SSSR count). The summed E-state index contributed by atoms with van der Waals surface area (Å²) in [7, 11) is -4.24. The number of anilines is 1. The summed E-state index contributed by atoms with van der Waals surface area (Å²) in [6.07, 6.45) is -1.64. The molecule has 0 saturated heterocycles. The number of amides is 1. The molecule has 0 saturated carbocycles. The van der Waals surface area contributed by atoms with Crippen molar-refractivity contribution in [2.24, 2.45) is 0 Å². The first kappa shape index (κ1) is 25.0. The van der Waals surface area contributed by atoms with Crippen LogP contribution in [0.1, 0.15) is 36.6 Å². The highest BCUT2D eigenvalue weighted by atomic mass is 32.2. The molecule has 0 spiro atoms. The molecule has 0 aliphatic carbocycles. The van der Waals surface area contributed by atoms with Crippen LogP contribution >= 0.6 is 0 Å². The van der Waals surface area contributed by atoms with E-state index in [4.69, 9.17) is 4.18 Å². The Bertz CT molecular complexity index is 1370. The van der Waals surface area contributed by atoms with E-state index in [9.17, 15) is 22.7 Å². The lowest BCUT2D eigenvalue weighted by Gasteiger charge is -2.33. The fourth-order valence-corrected chi connectivity index (χ4v) is 5.23. The van der Waals surface area contributed by atoms with Crippen molar-refractivity contribution < 1.29 is 31.3 Å². The van der Waals surface area contributed by atoms with E-state index >= 15 is 4.39 Å². The van der Waals surface area contributed by atoms with E-state index in [0.717, 1.165) is 16.5 Å². The number of nitrogens with zero attached hydrogens (tertiary/aromatic N) is 1. The van der Waals surface area contributed by atoms with Crippen LogP contribution in [-0.4, -0.2) is 32.1 Å². The van der Waals surface area contributed by atoms with Gasteiger partial charge in [-0.15, -0.1) is 0 Å². The summed E-state index contributed by atoms with van der Waals surface area (Å²) in [5.74, 6) is -1.84. The minimum Gasteiger partial charge on any atom is -0.388 e. The number of aliphatic hydroxyl groups is 1. The zero-order chi connectivity index (χ0) is 25.5. The first-order chi connectivity index (χ1) is 16.4. The van der Waals surface area contributed by atoms with Crippen molar-refractivity contribution in [2.45, 2.75) is 43.2 Å². The monoisotopic (exact) mass is 501 g/mol. The van der Waals surface area contributed by atoms with Gasteiger partial charge < -0.3 is 5.11 Å². The Morgan fingerprint density at radius 1 is 1.03 bits per heavy atom. The standard InChI is InChI=1S/C26H25F2NO5S/c1-16-10-12-19(13-11-16)35(32,33)34-15-22(30)23(17-6-4-7-18(27)14-17)29-24-20(8-5-9-21(24)28)26(2,3)25(29)31/h4-14,22-23,30H,15H2,1-3H3. The van der Waals surface area contributed by atoms with Gasteiger partial charge in [-0.25, -0.2) is 8.78 Å². The Kier molecular flexibility index (Phi) is 6.52. The van der Waals surface area contributed by atoms with Crippen LogP contribution in [-0.2, 0) is 24.5 Å². The largest absolute Gasteiger partial charge is 0.388 e. The maximum atomic E-state index is 15.0. The topological polar surface area (TPSA) is 83.9 Å². The van der Waals surface area contributed by atoms with Gasteiger partial charge in [0.1, 0.15) is 17.7 Å². The first-order valence-corrected chi connectivity index (χ1v) is 12.4. The van der Waals surface area contributed by atoms with Crippen molar-refractivity contribution in [3.8, 4) is 0 Å². The van der Waals surface area contributed by atoms with Crippen molar-refractivity contribution in [1.82, 2.24) is 0 Å². The molecule has 1 aliphatic heterocycles. The van der Waals surface area contributed by atoms with E-state index in [0.29, 0.717) is 5.56 Å². The number of rotatable bonds is 7. The molecule has 1 amide bonds. The van der Waals surface area contributed by atoms with Crippen LogP contribution in [0.25, 0.3) is 0 Å². The van der Waals surface area contributed by atoms with Gasteiger partial charge in [-0.3, -0.25) is 13.9 Å². The predicted molar refractivity (Wildman–Crippen MR) is 126 cm³/mol. The van der Waals surface area contributed by atoms with Crippen LogP contribution in [0.15, 0.2) is 71.6 Å². The van der Waals surface area contributed by atoms with E-state index in [1.807, 2.05) is 0 Å². The molecule has 1 aliphatic rings. The maximum absolute atomic E-state index is 15.0. The zero-order valence-electron chi connectivity index (χ0n) is 19.4. The molecule has 0 bridgehead atoms. The van der Waals surface area contributed by atoms with E-state index < -0.39 is 51.8 Å². The highest BCUT2D eigenvalue weighted by Gasteiger charge is 2.49. The van der Waals surface area contributed by atoms with Gasteiger partial charge in [0.2, 0.25) is 5.91 Å². The summed E-state index contributed by atoms with van der Waals surface area (Å²) in [6, 6.07) is 14.1. The molecule has 6 nitrogen and oxygen atoms in total. The van der Waals surface area contributed by atoms with Gasteiger partial charge in [-0.1, -0.05) is 42.0 Å². The number of para-hydroxylation sites is 1. The summed E-state index contributed by atoms with van der Waals surface area (Å²) in [6.45, 7) is 4.31. The molecule has 2 atom stereocenters. The normalized spacial score (nSPS) is 16.7. The third-order valence-corrected chi connectivity index (χ3v) is 7.49. The van der Waals surface area contributed by atoms with Crippen molar-refractivity contribution >= 4 is 21.7 Å². The van der Waals surface area contributed by atoms with E-state index in [1.165, 1.54) is 42.5 Å². The maximum Gasteiger partial charge on any atom is 0.297 e. The van der Waals surface area contributed by atoms with Gasteiger partial charge in [0, 0.05) is 0 Å². The van der Waals surface area contributed by atoms with E-state index in [-0.39, 0.29) is 16.1 Å². The van der Waals surface area contributed by atoms with Gasteiger partial charge in [-0.2, -0.15) is 8.42 Å². The average Bonchev–Trinajstić information content (AvgIpc) is 3.00. The lowest BCUT2D eigenvalue weighted by molar-refractivity contribution is -0.123. The average molecular weight is 502 g/mol. The Morgan fingerprint density at radius 3 is 2.34 bits per heavy atom. The summed E-state index contributed by atoms with van der Waals surface area (Å²) in [5.41, 5.74) is 0.249. The van der Waals surface area contributed by atoms with Gasteiger partial charge in [0.25, 0.3) is 10.1 Å². The molecule has 1 heterocycles. The highest BCUT2D eigenvalue weighted by Crippen LogP contribution is 2.47. The van der Waals surface area contributed by atoms with Crippen LogP contribution in [0.3, 0.4) is 0 Å². The summed E-state index contributed by atoms with van der Waals surface area (Å²) < 4.78 is 59.6. The Hall–Kier alpha value is -3.14. The van der Waals surface area contributed by atoms with Gasteiger partial charge >= 0.3 is 0 Å². The molecule has 35 heavy (non-hydrogen) atoms. The molecule has 1 N–H and O–H groups in total. The number of fused-ring (bicyclic) bond motifs is 1. The highest BCUT2D eigenvalue weighted by molar-refractivity contribution is 7.86. The molecule has 0 radical (unpaired) electrons. The lowest BCUT2D eigenvalue weighted by atomic mass is 9.86. The van der Waals surface area contributed by atoms with Crippen LogP contribution < -0.4 is 4.90 Å². The fraction of sp³-hybridized carbons (Fsp3) is 0.269. The first-order valence-electron chi connectivity index (χ1n) is 11.0. The number of carbonyl (C=O) groups is 1. The Morgan fingerprint density at radius 2 is 1.69 bits per heavy atom. The molecule has 2 unspecified atom stereocenters. The number of halogens is 2. The smallest absolute Gasteiger partial charge is 0.297 e. The zero-order valence-corrected chi connectivity index (χ0v) is 20.2. The SMILES string of the molecule is Cc1ccc(S(=O)(=O)OCC(O)C(c2cccc(F)c2)N2C(=O)C(C)(C)c3cccc(F)c32)cc1. The third-order valence-electron chi connectivity index (χ3n) is 6.19. The van der Waals surface area contributed by atoms with E-state index in [1.54, 1.807) is 39.0 Å². The summed E-state index contributed by atoms with van der Waals surface area (Å²) in [4.78, 5) is 14.5. The summed E-state index contributed by atoms with van der Waals surface area (Å²) >= 11 is 0. The van der Waals surface area contributed by atoms with Crippen LogP contribution in [0.4, 0.5) is 14.5 Å². The van der Waals surface area contributed by atoms with Gasteiger partial charge in [0.05, 0.1) is 28.6 Å². The van der Waals surface area contributed by atoms with E-state index in [2.05, 4.69) is 0 Å². The van der Waals surface area contributed by atoms with Gasteiger partial charge in [0.15, 0.2) is 0 Å². The molecule has 0 fully saturated rings. The second-order valence-corrected chi connectivity index (χ2v) is 10.7. The number of carbonyl (C=O) groups excluding carboxylic acids is 1. The number of benzene rings is 3. The molecular weight excluding hydrogens is 476 g/mol. The number of hydrogen-bond donors (Lipinski definition) is 1. The minimum absolute atomic E-state index is 0.0443. The summed E-state index contributed by atoms with van der Waals surface area (Å²) in [5, 5.41) is 11.1. The number of hydrogen-bond acceptors (Lipinski definition) is 5. The fourth-order valence-electron chi connectivity index (χ4n) is 4.31. The quantitative estimate of drug-likeness (QED) is 0.485. The molecule has 3 aromatic rings. The van der Waals surface area contributed by atoms with Crippen molar-refractivity contribution in [2.75, 3.05) is 11.5 Å². The van der Waals surface area contributed by atoms with Crippen molar-refractivity contribution in [1.29, 1.82) is 0 Å². The number of aryl methyl sites for hydroxylation is 1. The number of aliphatic hydroxyl groups excluding tert-OH is 1. The minimum atomic E-state index is -4.24. The van der Waals surface area contributed by atoms with Crippen LogP contribution in [0, 0.1) is 18.6 Å². The molecular formula is C26H25F2NO5S. The molecule has 9 heteroatoms. The Balaban J connectivity index is 1.74. The van der Waals surface area contributed by atoms with Crippen molar-refractivity contribution in [3.63, 3.8) is 0 Å². The molecule has 184 valence electrons. The van der Waals surface area contributed by atoms with Gasteiger partial charge in [-0.05, 0) is 62.2 Å². The Labute approximate surface area is 202 Å². The predicted octanol–water partition coefficient (Wildman–Crippen LogP) is 4.41. The molecule has 0 aromatic heterocycles. The second kappa shape index (κ2) is 9.14. The van der Waals surface area contributed by atoms with Crippen LogP contribution in [0.5, 0.6) is 0 Å². The van der Waals surface area contributed by atoms with Crippen LogP contribution in [0.2, 0.25) is 0 Å². The lowest BCUT2D eigenvalue weighted by Crippen LogP contribution is -2.45. The third kappa shape index (κ3) is 4.59. The van der Waals surface area contributed by atoms with Crippen molar-refractivity contribution in [3.05, 3.63) is 95.1 Å². The second-order valence-electron chi connectivity index (χ2n) is 9.06.